The Labute approximate surface area is 126 Å². The van der Waals surface area contributed by atoms with E-state index in [1.807, 2.05) is 53.9 Å². The number of thiocyanates is 1. The maximum absolute atomic E-state index is 12.4. The number of nitrogens with one attached hydrogen (secondary N) is 1. The van der Waals surface area contributed by atoms with Crippen LogP contribution in [-0.2, 0) is 4.79 Å². The fraction of sp³-hybridized carbons (Fsp3) is 0.0625. The molecule has 0 radical (unpaired) electrons. The number of hydrogen-bond acceptors (Lipinski definition) is 4. The molecule has 102 valence electrons. The quantitative estimate of drug-likeness (QED) is 0.864. The van der Waals surface area contributed by atoms with Crippen molar-refractivity contribution in [3.05, 3.63) is 60.2 Å². The number of benzene rings is 2. The Kier molecular flexibility index (Phi) is 3.71. The Morgan fingerprint density at radius 3 is 2.57 bits per heavy atom. The molecule has 1 atom stereocenters. The van der Waals surface area contributed by atoms with Crippen molar-refractivity contribution in [2.75, 3.05) is 5.32 Å². The number of thioether (sulfide) groups is 1. The zero-order valence-electron chi connectivity index (χ0n) is 11.0. The molecule has 5 heteroatoms. The first-order valence-corrected chi connectivity index (χ1v) is 7.26. The number of carbonyl (C=O) groups excluding carboxylic acids is 1. The van der Waals surface area contributed by atoms with Crippen molar-refractivity contribution < 1.29 is 4.79 Å². The molecule has 2 aromatic carbocycles. The molecule has 1 amide bonds. The standard InChI is InChI=1S/C16H11N3OS/c17-10-21-15-14(11-6-2-1-3-7-11)18-12-8-4-5-9-13(12)19-16(15)20/h1-9,15H,(H,19,20)/t15-/m0/s1. The van der Waals surface area contributed by atoms with Crippen LogP contribution in [0.4, 0.5) is 11.4 Å². The molecule has 1 heterocycles. The molecule has 21 heavy (non-hydrogen) atoms. The number of nitriles is 1. The fourth-order valence-corrected chi connectivity index (χ4v) is 2.75. The molecule has 1 aliphatic rings. The molecule has 4 nitrogen and oxygen atoms in total. The Bertz CT molecular complexity index is 750. The van der Waals surface area contributed by atoms with E-state index in [-0.39, 0.29) is 5.91 Å². The second kappa shape index (κ2) is 5.81. The van der Waals surface area contributed by atoms with Gasteiger partial charge in [0, 0.05) is 0 Å². The molecule has 0 unspecified atom stereocenters. The topological polar surface area (TPSA) is 65.2 Å². The third kappa shape index (κ3) is 2.67. The molecular formula is C16H11N3OS. The summed E-state index contributed by atoms with van der Waals surface area (Å²) in [5, 5.41) is 13.2. The summed E-state index contributed by atoms with van der Waals surface area (Å²) >= 11 is 0.910. The maximum Gasteiger partial charge on any atom is 0.244 e. The number of rotatable bonds is 2. The summed E-state index contributed by atoms with van der Waals surface area (Å²) in [5.74, 6) is -0.228. The average Bonchev–Trinajstić information content (AvgIpc) is 2.66. The number of fused-ring (bicyclic) bond motifs is 1. The van der Waals surface area contributed by atoms with Gasteiger partial charge in [0.1, 0.15) is 10.7 Å². The highest BCUT2D eigenvalue weighted by Crippen LogP contribution is 2.31. The predicted molar refractivity (Wildman–Crippen MR) is 84.7 cm³/mol. The summed E-state index contributed by atoms with van der Waals surface area (Å²) in [6.07, 6.45) is 0. The molecule has 1 aliphatic heterocycles. The third-order valence-corrected chi connectivity index (χ3v) is 3.91. The maximum atomic E-state index is 12.4. The van der Waals surface area contributed by atoms with Gasteiger partial charge in [-0.25, -0.2) is 4.99 Å². The Morgan fingerprint density at radius 2 is 1.81 bits per heavy atom. The second-order valence-corrected chi connectivity index (χ2v) is 5.35. The molecule has 0 bridgehead atoms. The summed E-state index contributed by atoms with van der Waals surface area (Å²) in [6, 6.07) is 16.8. The molecule has 0 aromatic heterocycles. The summed E-state index contributed by atoms with van der Waals surface area (Å²) in [6.45, 7) is 0. The molecule has 1 N–H and O–H groups in total. The number of hydrogen-bond donors (Lipinski definition) is 1. The second-order valence-electron chi connectivity index (χ2n) is 4.46. The minimum atomic E-state index is -0.648. The van der Waals surface area contributed by atoms with Crippen molar-refractivity contribution in [3.63, 3.8) is 0 Å². The first-order valence-electron chi connectivity index (χ1n) is 6.38. The fourth-order valence-electron chi connectivity index (χ4n) is 2.17. The van der Waals surface area contributed by atoms with Crippen LogP contribution in [0.3, 0.4) is 0 Å². The van der Waals surface area contributed by atoms with Crippen molar-refractivity contribution in [1.29, 1.82) is 5.26 Å². The molecule has 0 saturated carbocycles. The highest BCUT2D eigenvalue weighted by molar-refractivity contribution is 8.05. The first kappa shape index (κ1) is 13.4. The van der Waals surface area contributed by atoms with Gasteiger partial charge in [-0.2, -0.15) is 5.26 Å². The van der Waals surface area contributed by atoms with Gasteiger partial charge < -0.3 is 5.32 Å². The van der Waals surface area contributed by atoms with Crippen molar-refractivity contribution >= 4 is 34.8 Å². The van der Waals surface area contributed by atoms with E-state index < -0.39 is 5.25 Å². The van der Waals surface area contributed by atoms with Crippen LogP contribution in [0.25, 0.3) is 0 Å². The van der Waals surface area contributed by atoms with Crippen LogP contribution in [0.15, 0.2) is 59.6 Å². The summed E-state index contributed by atoms with van der Waals surface area (Å²) < 4.78 is 0. The van der Waals surface area contributed by atoms with Gasteiger partial charge >= 0.3 is 0 Å². The van der Waals surface area contributed by atoms with Crippen molar-refractivity contribution in [1.82, 2.24) is 0 Å². The summed E-state index contributed by atoms with van der Waals surface area (Å²) in [4.78, 5) is 17.0. The van der Waals surface area contributed by atoms with Crippen LogP contribution >= 0.6 is 11.8 Å². The van der Waals surface area contributed by atoms with E-state index >= 15 is 0 Å². The van der Waals surface area contributed by atoms with Gasteiger partial charge in [-0.1, -0.05) is 42.5 Å². The zero-order valence-corrected chi connectivity index (χ0v) is 11.8. The van der Waals surface area contributed by atoms with Gasteiger partial charge in [0.25, 0.3) is 0 Å². The minimum absolute atomic E-state index is 0.228. The summed E-state index contributed by atoms with van der Waals surface area (Å²) in [5.41, 5.74) is 2.81. The van der Waals surface area contributed by atoms with Crippen LogP contribution in [-0.4, -0.2) is 16.9 Å². The van der Waals surface area contributed by atoms with E-state index in [1.54, 1.807) is 6.07 Å². The minimum Gasteiger partial charge on any atom is -0.323 e. The van der Waals surface area contributed by atoms with Crippen molar-refractivity contribution in [2.24, 2.45) is 4.99 Å². The summed E-state index contributed by atoms with van der Waals surface area (Å²) in [7, 11) is 0. The number of amides is 1. The van der Waals surface area contributed by atoms with Gasteiger partial charge in [-0.05, 0) is 29.5 Å². The third-order valence-electron chi connectivity index (χ3n) is 3.13. The SMILES string of the molecule is N#CS[C@@H]1C(=O)Nc2ccccc2N=C1c1ccccc1. The number of nitrogens with zero attached hydrogens (tertiary/aromatic N) is 2. The van der Waals surface area contributed by atoms with E-state index in [0.29, 0.717) is 17.1 Å². The van der Waals surface area contributed by atoms with Crippen LogP contribution in [0.5, 0.6) is 0 Å². The molecule has 0 spiro atoms. The zero-order chi connectivity index (χ0) is 14.7. The van der Waals surface area contributed by atoms with E-state index in [2.05, 4.69) is 10.3 Å². The molecule has 0 aliphatic carbocycles. The average molecular weight is 293 g/mol. The van der Waals surface area contributed by atoms with E-state index in [0.717, 1.165) is 17.3 Å². The normalized spacial score (nSPS) is 17.0. The molecular weight excluding hydrogens is 282 g/mol. The smallest absolute Gasteiger partial charge is 0.244 e. The van der Waals surface area contributed by atoms with Crippen LogP contribution < -0.4 is 5.32 Å². The highest BCUT2D eigenvalue weighted by atomic mass is 32.2. The molecule has 2 aromatic rings. The van der Waals surface area contributed by atoms with Crippen molar-refractivity contribution in [3.8, 4) is 5.40 Å². The Balaban J connectivity index is 2.17. The van der Waals surface area contributed by atoms with E-state index in [1.165, 1.54) is 0 Å². The lowest BCUT2D eigenvalue weighted by Gasteiger charge is -2.12. The van der Waals surface area contributed by atoms with Gasteiger partial charge in [0.15, 0.2) is 0 Å². The predicted octanol–water partition coefficient (Wildman–Crippen LogP) is 3.34. The Morgan fingerprint density at radius 1 is 1.10 bits per heavy atom. The molecule has 0 saturated heterocycles. The lowest BCUT2D eigenvalue weighted by atomic mass is 10.1. The van der Waals surface area contributed by atoms with Gasteiger partial charge in [0.2, 0.25) is 5.91 Å². The van der Waals surface area contributed by atoms with E-state index in [9.17, 15) is 4.79 Å². The number of aliphatic imine (C=N–C) groups is 1. The molecule has 0 fully saturated rings. The van der Waals surface area contributed by atoms with Gasteiger partial charge in [-0.3, -0.25) is 4.79 Å². The van der Waals surface area contributed by atoms with Gasteiger partial charge in [-0.15, -0.1) is 0 Å². The van der Waals surface area contributed by atoms with Crippen LogP contribution in [0.2, 0.25) is 0 Å². The number of carbonyl (C=O) groups is 1. The number of para-hydroxylation sites is 2. The lowest BCUT2D eigenvalue weighted by Crippen LogP contribution is -2.31. The largest absolute Gasteiger partial charge is 0.323 e. The monoisotopic (exact) mass is 293 g/mol. The van der Waals surface area contributed by atoms with Gasteiger partial charge in [0.05, 0.1) is 17.1 Å². The Hall–Kier alpha value is -2.58. The van der Waals surface area contributed by atoms with Crippen LogP contribution in [0.1, 0.15) is 5.56 Å². The molecule has 3 rings (SSSR count). The van der Waals surface area contributed by atoms with Crippen LogP contribution in [0, 0.1) is 10.7 Å². The highest BCUT2D eigenvalue weighted by Gasteiger charge is 2.29. The van der Waals surface area contributed by atoms with Crippen molar-refractivity contribution in [2.45, 2.75) is 5.25 Å². The van der Waals surface area contributed by atoms with E-state index in [4.69, 9.17) is 5.26 Å². The number of anilines is 1. The first-order chi connectivity index (χ1) is 10.3. The lowest BCUT2D eigenvalue weighted by molar-refractivity contribution is -0.114.